The van der Waals surface area contributed by atoms with Crippen molar-refractivity contribution in [1.29, 1.82) is 0 Å². The van der Waals surface area contributed by atoms with Gasteiger partial charge in [0.15, 0.2) is 0 Å². The second kappa shape index (κ2) is 10.5. The summed E-state index contributed by atoms with van der Waals surface area (Å²) in [4.78, 5) is 1.29. The Hall–Kier alpha value is -2.82. The number of ether oxygens (including phenoxy) is 2. The maximum absolute atomic E-state index is 10.6. The first-order valence-corrected chi connectivity index (χ1v) is 9.59. The first-order valence-electron chi connectivity index (χ1n) is 9.59. The van der Waals surface area contributed by atoms with Gasteiger partial charge in [0, 0.05) is 11.1 Å². The summed E-state index contributed by atoms with van der Waals surface area (Å²) >= 11 is 0. The van der Waals surface area contributed by atoms with Crippen molar-refractivity contribution in [3.8, 4) is 11.5 Å². The van der Waals surface area contributed by atoms with E-state index in [0.29, 0.717) is 6.54 Å². The van der Waals surface area contributed by atoms with Crippen LogP contribution in [0.5, 0.6) is 11.5 Å². The van der Waals surface area contributed by atoms with Crippen LogP contribution in [-0.4, -0.2) is 31.5 Å². The summed E-state index contributed by atoms with van der Waals surface area (Å²) in [6.45, 7) is 2.59. The number of hydrogen-bond acceptors (Lipinski definition) is 3. The van der Waals surface area contributed by atoms with Crippen LogP contribution in [0.1, 0.15) is 11.1 Å². The molecule has 0 aliphatic heterocycles. The molecule has 3 aromatic carbocycles. The number of methoxy groups -OCH3 is 1. The fraction of sp³-hybridized carbons (Fsp3) is 0.250. The van der Waals surface area contributed by atoms with Crippen molar-refractivity contribution in [2.75, 3.05) is 20.3 Å². The molecule has 0 saturated carbocycles. The molecule has 0 heterocycles. The molecule has 0 radical (unpaired) electrons. The quantitative estimate of drug-likeness (QED) is 0.570. The highest BCUT2D eigenvalue weighted by atomic mass is 16.5. The first kappa shape index (κ1) is 19.9. The Bertz CT molecular complexity index is 765. The van der Waals surface area contributed by atoms with Gasteiger partial charge in [0.25, 0.3) is 0 Å². The zero-order valence-corrected chi connectivity index (χ0v) is 16.3. The monoisotopic (exact) mass is 378 g/mol. The van der Waals surface area contributed by atoms with E-state index in [4.69, 9.17) is 9.47 Å². The molecule has 146 valence electrons. The van der Waals surface area contributed by atoms with Gasteiger partial charge in [-0.05, 0) is 24.3 Å². The normalized spacial score (nSPS) is 12.0. The summed E-state index contributed by atoms with van der Waals surface area (Å²) in [7, 11) is 1.64. The summed E-state index contributed by atoms with van der Waals surface area (Å²) < 4.78 is 10.9. The maximum Gasteiger partial charge on any atom is 0.137 e. The average molecular weight is 378 g/mol. The minimum Gasteiger partial charge on any atom is -0.497 e. The molecule has 4 heteroatoms. The standard InChI is InChI=1S/C24H27NO3/c1-27-23-12-14-24(15-13-23)28-19-22(26)18-25(16-20-8-4-2-5-9-20)17-21-10-6-3-7-11-21/h2-15,22,26H,16-19H2,1H3/p+1/t22-/m0/s1. The molecule has 0 aliphatic carbocycles. The van der Waals surface area contributed by atoms with Crippen LogP contribution in [-0.2, 0) is 13.1 Å². The molecule has 1 atom stereocenters. The average Bonchev–Trinajstić information content (AvgIpc) is 2.74. The summed E-state index contributed by atoms with van der Waals surface area (Å²) in [5.74, 6) is 1.52. The molecule has 0 bridgehead atoms. The molecule has 3 rings (SSSR count). The topological polar surface area (TPSA) is 43.1 Å². The number of hydrogen-bond donors (Lipinski definition) is 2. The van der Waals surface area contributed by atoms with Crippen LogP contribution in [0.3, 0.4) is 0 Å². The van der Waals surface area contributed by atoms with Crippen LogP contribution in [0.4, 0.5) is 0 Å². The van der Waals surface area contributed by atoms with Crippen LogP contribution in [0.15, 0.2) is 84.9 Å². The number of rotatable bonds is 10. The van der Waals surface area contributed by atoms with Gasteiger partial charge < -0.3 is 19.5 Å². The smallest absolute Gasteiger partial charge is 0.137 e. The Morgan fingerprint density at radius 2 is 1.25 bits per heavy atom. The second-order valence-corrected chi connectivity index (χ2v) is 6.92. The minimum absolute atomic E-state index is 0.263. The second-order valence-electron chi connectivity index (χ2n) is 6.92. The van der Waals surface area contributed by atoms with Crippen LogP contribution in [0, 0.1) is 0 Å². The number of aliphatic hydroxyl groups excluding tert-OH is 1. The highest BCUT2D eigenvalue weighted by Crippen LogP contribution is 2.17. The Labute approximate surface area is 167 Å². The molecule has 0 aromatic heterocycles. The lowest BCUT2D eigenvalue weighted by molar-refractivity contribution is -0.930. The molecule has 2 N–H and O–H groups in total. The van der Waals surface area contributed by atoms with E-state index in [1.807, 2.05) is 36.4 Å². The summed E-state index contributed by atoms with van der Waals surface area (Å²) in [5.41, 5.74) is 2.52. The van der Waals surface area contributed by atoms with Crippen molar-refractivity contribution in [3.63, 3.8) is 0 Å². The van der Waals surface area contributed by atoms with Crippen molar-refractivity contribution in [2.45, 2.75) is 19.2 Å². The number of nitrogens with one attached hydrogen (secondary N) is 1. The van der Waals surface area contributed by atoms with Gasteiger partial charge in [-0.1, -0.05) is 60.7 Å². The Kier molecular flexibility index (Phi) is 7.47. The number of benzene rings is 3. The van der Waals surface area contributed by atoms with Gasteiger partial charge in [-0.15, -0.1) is 0 Å². The van der Waals surface area contributed by atoms with Crippen molar-refractivity contribution >= 4 is 0 Å². The molecule has 0 amide bonds. The molecule has 0 saturated heterocycles. The Morgan fingerprint density at radius 3 is 1.75 bits per heavy atom. The molecule has 0 fully saturated rings. The van der Waals surface area contributed by atoms with Crippen LogP contribution >= 0.6 is 0 Å². The molecule has 3 aromatic rings. The van der Waals surface area contributed by atoms with Crippen LogP contribution in [0.25, 0.3) is 0 Å². The van der Waals surface area contributed by atoms with Crippen LogP contribution in [0.2, 0.25) is 0 Å². The van der Waals surface area contributed by atoms with Crippen molar-refractivity contribution in [3.05, 3.63) is 96.1 Å². The van der Waals surface area contributed by atoms with Crippen molar-refractivity contribution < 1.29 is 19.5 Å². The van der Waals surface area contributed by atoms with Gasteiger partial charge in [-0.25, -0.2) is 0 Å². The molecule has 0 unspecified atom stereocenters. The summed E-state index contributed by atoms with van der Waals surface area (Å²) in [5, 5.41) is 10.6. The van der Waals surface area contributed by atoms with E-state index in [9.17, 15) is 5.11 Å². The summed E-state index contributed by atoms with van der Waals surface area (Å²) in [6.07, 6.45) is -0.551. The predicted octanol–water partition coefficient (Wildman–Crippen LogP) is 2.72. The largest absolute Gasteiger partial charge is 0.497 e. The van der Waals surface area contributed by atoms with Gasteiger partial charge in [0.05, 0.1) is 7.11 Å². The van der Waals surface area contributed by atoms with Crippen LogP contribution < -0.4 is 14.4 Å². The fourth-order valence-corrected chi connectivity index (χ4v) is 3.23. The van der Waals surface area contributed by atoms with Gasteiger partial charge in [-0.2, -0.15) is 0 Å². The van der Waals surface area contributed by atoms with E-state index in [2.05, 4.69) is 48.5 Å². The highest BCUT2D eigenvalue weighted by Gasteiger charge is 2.17. The van der Waals surface area contributed by atoms with E-state index in [1.54, 1.807) is 7.11 Å². The number of quaternary nitrogens is 1. The van der Waals surface area contributed by atoms with Gasteiger partial charge in [-0.3, -0.25) is 0 Å². The fourth-order valence-electron chi connectivity index (χ4n) is 3.23. The van der Waals surface area contributed by atoms with Crippen molar-refractivity contribution in [1.82, 2.24) is 0 Å². The van der Waals surface area contributed by atoms with E-state index >= 15 is 0 Å². The molecule has 0 aliphatic rings. The SMILES string of the molecule is COc1ccc(OC[C@@H](O)C[NH+](Cc2ccccc2)Cc2ccccc2)cc1. The third-order valence-corrected chi connectivity index (χ3v) is 4.62. The molecular weight excluding hydrogens is 350 g/mol. The Balaban J connectivity index is 1.58. The van der Waals surface area contributed by atoms with E-state index in [1.165, 1.54) is 16.0 Å². The third kappa shape index (κ3) is 6.41. The predicted molar refractivity (Wildman–Crippen MR) is 111 cm³/mol. The molecule has 4 nitrogen and oxygen atoms in total. The lowest BCUT2D eigenvalue weighted by Crippen LogP contribution is -3.10. The zero-order chi connectivity index (χ0) is 19.6. The van der Waals surface area contributed by atoms with Gasteiger partial charge in [0.1, 0.15) is 43.8 Å². The van der Waals surface area contributed by atoms with Gasteiger partial charge in [0.2, 0.25) is 0 Å². The third-order valence-electron chi connectivity index (χ3n) is 4.62. The summed E-state index contributed by atoms with van der Waals surface area (Å²) in [6, 6.07) is 28.2. The van der Waals surface area contributed by atoms with E-state index in [-0.39, 0.29) is 6.61 Å². The lowest BCUT2D eigenvalue weighted by atomic mass is 10.1. The minimum atomic E-state index is -0.551. The van der Waals surface area contributed by atoms with Crippen molar-refractivity contribution in [2.24, 2.45) is 0 Å². The zero-order valence-electron chi connectivity index (χ0n) is 16.3. The maximum atomic E-state index is 10.6. The van der Waals surface area contributed by atoms with E-state index in [0.717, 1.165) is 24.6 Å². The molecular formula is C24H28NO3+. The molecule has 0 spiro atoms. The highest BCUT2D eigenvalue weighted by molar-refractivity contribution is 5.31. The van der Waals surface area contributed by atoms with Gasteiger partial charge >= 0.3 is 0 Å². The van der Waals surface area contributed by atoms with E-state index < -0.39 is 6.10 Å². The lowest BCUT2D eigenvalue weighted by Gasteiger charge is -2.23. The molecule has 28 heavy (non-hydrogen) atoms. The first-order chi connectivity index (χ1) is 13.7. The number of aliphatic hydroxyl groups is 1. The Morgan fingerprint density at radius 1 is 0.750 bits per heavy atom.